The van der Waals surface area contributed by atoms with Crippen molar-refractivity contribution < 1.29 is 31.1 Å². The summed E-state index contributed by atoms with van der Waals surface area (Å²) in [4.78, 5) is 18.8. The predicted molar refractivity (Wildman–Crippen MR) is 77.3 cm³/mol. The van der Waals surface area contributed by atoms with E-state index in [9.17, 15) is 31.1 Å². The molecule has 2 rings (SSSR count). The van der Waals surface area contributed by atoms with E-state index in [1.165, 1.54) is 6.92 Å². The highest BCUT2D eigenvalue weighted by Gasteiger charge is 2.33. The number of hydrogen-bond donors (Lipinski definition) is 1. The normalized spacial score (nSPS) is 12.8. The third-order valence-electron chi connectivity index (χ3n) is 2.87. The Hall–Kier alpha value is -2.30. The average Bonchev–Trinajstić information content (AvgIpc) is 2.54. The first-order valence-corrected chi connectivity index (χ1v) is 7.49. The monoisotopic (exact) mass is 381 g/mol. The molecule has 1 N–H and O–H groups in total. The summed E-state index contributed by atoms with van der Waals surface area (Å²) < 4.78 is 77.2. The first kappa shape index (κ1) is 19.0. The summed E-state index contributed by atoms with van der Waals surface area (Å²) in [6, 6.07) is 2.12. The summed E-state index contributed by atoms with van der Waals surface area (Å²) in [5.41, 5.74) is -1.77. The lowest BCUT2D eigenvalue weighted by Crippen LogP contribution is -2.23. The van der Waals surface area contributed by atoms with Crippen LogP contribution in [0.2, 0.25) is 0 Å². The van der Waals surface area contributed by atoms with Crippen molar-refractivity contribution in [2.24, 2.45) is 0 Å². The molecule has 4 nitrogen and oxygen atoms in total. The maximum absolute atomic E-state index is 13.5. The Labute approximate surface area is 141 Å². The van der Waals surface area contributed by atoms with Crippen LogP contribution in [0.4, 0.5) is 32.0 Å². The highest BCUT2D eigenvalue weighted by molar-refractivity contribution is 8.00. The quantitative estimate of drug-likeness (QED) is 0.376. The fourth-order valence-corrected chi connectivity index (χ4v) is 2.38. The molecule has 0 aliphatic carbocycles. The highest BCUT2D eigenvalue weighted by Crippen LogP contribution is 2.29. The van der Waals surface area contributed by atoms with E-state index < -0.39 is 46.2 Å². The first-order valence-electron chi connectivity index (χ1n) is 6.61. The summed E-state index contributed by atoms with van der Waals surface area (Å²) >= 11 is 0.590. The second-order valence-electron chi connectivity index (χ2n) is 4.69. The molecule has 0 spiro atoms. The number of carbonyl (C=O) groups is 1. The molecule has 0 aliphatic rings. The third-order valence-corrected chi connectivity index (χ3v) is 3.84. The molecule has 1 amide bonds. The first-order chi connectivity index (χ1) is 11.6. The van der Waals surface area contributed by atoms with Crippen molar-refractivity contribution in [1.82, 2.24) is 9.97 Å². The number of anilines is 1. The van der Waals surface area contributed by atoms with Gasteiger partial charge in [0.2, 0.25) is 5.91 Å². The van der Waals surface area contributed by atoms with Gasteiger partial charge in [-0.2, -0.15) is 13.2 Å². The number of carbonyl (C=O) groups excluding carboxylic acids is 1. The topological polar surface area (TPSA) is 54.9 Å². The molecule has 1 heterocycles. The van der Waals surface area contributed by atoms with Crippen molar-refractivity contribution in [1.29, 1.82) is 0 Å². The lowest BCUT2D eigenvalue weighted by atomic mass is 10.2. The number of thioether (sulfide) groups is 1. The Morgan fingerprint density at radius 3 is 2.48 bits per heavy atom. The van der Waals surface area contributed by atoms with Crippen LogP contribution in [-0.4, -0.2) is 21.1 Å². The Morgan fingerprint density at radius 1 is 1.16 bits per heavy atom. The van der Waals surface area contributed by atoms with Gasteiger partial charge in [0.05, 0.1) is 10.9 Å². The Bertz CT molecular complexity index is 799. The smallest absolute Gasteiger partial charge is 0.323 e. The van der Waals surface area contributed by atoms with Crippen molar-refractivity contribution in [2.45, 2.75) is 23.5 Å². The molecule has 0 aliphatic heterocycles. The standard InChI is InChI=1S/C14H9F6N3OS/c1-6(25-13-21-5-4-9(23-13)14(18,19)20)12(24)22-8-3-2-7(15)10(16)11(8)17/h2-6H,1H3,(H,22,24). The van der Waals surface area contributed by atoms with Gasteiger partial charge in [0, 0.05) is 6.20 Å². The zero-order valence-corrected chi connectivity index (χ0v) is 13.2. The lowest BCUT2D eigenvalue weighted by molar-refractivity contribution is -0.141. The van der Waals surface area contributed by atoms with Gasteiger partial charge in [0.15, 0.2) is 22.6 Å². The predicted octanol–water partition coefficient (Wildman–Crippen LogP) is 4.03. The minimum absolute atomic E-state index is 0.316. The molecule has 0 saturated carbocycles. The van der Waals surface area contributed by atoms with Crippen LogP contribution in [-0.2, 0) is 11.0 Å². The molecule has 11 heteroatoms. The van der Waals surface area contributed by atoms with E-state index in [0.717, 1.165) is 12.3 Å². The van der Waals surface area contributed by atoms with E-state index in [4.69, 9.17) is 0 Å². The van der Waals surface area contributed by atoms with Gasteiger partial charge in [-0.25, -0.2) is 23.1 Å². The van der Waals surface area contributed by atoms with E-state index in [0.29, 0.717) is 23.9 Å². The summed E-state index contributed by atoms with van der Waals surface area (Å²) in [6.45, 7) is 1.31. The molecule has 1 aromatic carbocycles. The summed E-state index contributed by atoms with van der Waals surface area (Å²) in [5, 5.41) is 0.676. The molecule has 0 fully saturated rings. The fourth-order valence-electron chi connectivity index (χ4n) is 1.62. The number of nitrogens with zero attached hydrogens (tertiary/aromatic N) is 2. The van der Waals surface area contributed by atoms with Gasteiger partial charge in [-0.1, -0.05) is 11.8 Å². The van der Waals surface area contributed by atoms with Gasteiger partial charge in [-0.15, -0.1) is 0 Å². The molecule has 134 valence electrons. The third kappa shape index (κ3) is 4.62. The van der Waals surface area contributed by atoms with E-state index in [2.05, 4.69) is 9.97 Å². The van der Waals surface area contributed by atoms with Crippen molar-refractivity contribution in [3.05, 3.63) is 47.5 Å². The number of hydrogen-bond acceptors (Lipinski definition) is 4. The number of benzene rings is 1. The second-order valence-corrected chi connectivity index (χ2v) is 6.00. The Balaban J connectivity index is 2.10. The van der Waals surface area contributed by atoms with E-state index >= 15 is 0 Å². The molecule has 1 unspecified atom stereocenters. The van der Waals surface area contributed by atoms with Crippen LogP contribution >= 0.6 is 11.8 Å². The van der Waals surface area contributed by atoms with Crippen molar-refractivity contribution >= 4 is 23.4 Å². The van der Waals surface area contributed by atoms with Crippen molar-refractivity contribution in [2.75, 3.05) is 5.32 Å². The summed E-state index contributed by atoms with van der Waals surface area (Å²) in [5.74, 6) is -5.61. The molecular formula is C14H9F6N3OS. The van der Waals surface area contributed by atoms with Crippen LogP contribution in [0.3, 0.4) is 0 Å². The van der Waals surface area contributed by atoms with Gasteiger partial charge in [0.25, 0.3) is 0 Å². The van der Waals surface area contributed by atoms with E-state index in [1.54, 1.807) is 0 Å². The molecule has 25 heavy (non-hydrogen) atoms. The van der Waals surface area contributed by atoms with E-state index in [1.807, 2.05) is 5.32 Å². The SMILES string of the molecule is CC(Sc1nccc(C(F)(F)F)n1)C(=O)Nc1ccc(F)c(F)c1F. The zero-order chi connectivity index (χ0) is 18.8. The Kier molecular flexibility index (Phi) is 5.55. The number of rotatable bonds is 4. The van der Waals surface area contributed by atoms with Gasteiger partial charge < -0.3 is 5.32 Å². The fraction of sp³-hybridized carbons (Fsp3) is 0.214. The van der Waals surface area contributed by atoms with Crippen LogP contribution in [0.1, 0.15) is 12.6 Å². The minimum Gasteiger partial charge on any atom is -0.323 e. The van der Waals surface area contributed by atoms with Crippen LogP contribution in [0.15, 0.2) is 29.6 Å². The molecule has 1 atom stereocenters. The number of amides is 1. The largest absolute Gasteiger partial charge is 0.433 e. The van der Waals surface area contributed by atoms with Crippen LogP contribution < -0.4 is 5.32 Å². The number of halogens is 6. The van der Waals surface area contributed by atoms with Crippen LogP contribution in [0, 0.1) is 17.5 Å². The second kappa shape index (κ2) is 7.30. The maximum atomic E-state index is 13.5. The molecule has 2 aromatic rings. The molecular weight excluding hydrogens is 372 g/mol. The van der Waals surface area contributed by atoms with Crippen LogP contribution in [0.5, 0.6) is 0 Å². The highest BCUT2D eigenvalue weighted by atomic mass is 32.2. The summed E-state index contributed by atoms with van der Waals surface area (Å²) in [6.07, 6.45) is -3.78. The van der Waals surface area contributed by atoms with Gasteiger partial charge in [0.1, 0.15) is 5.69 Å². The van der Waals surface area contributed by atoms with Crippen molar-refractivity contribution in [3.8, 4) is 0 Å². The number of alkyl halides is 3. The Morgan fingerprint density at radius 2 is 1.84 bits per heavy atom. The maximum Gasteiger partial charge on any atom is 0.433 e. The molecule has 1 aromatic heterocycles. The zero-order valence-electron chi connectivity index (χ0n) is 12.4. The number of aromatic nitrogens is 2. The minimum atomic E-state index is -4.67. The van der Waals surface area contributed by atoms with Gasteiger partial charge in [-0.3, -0.25) is 4.79 Å². The summed E-state index contributed by atoms with van der Waals surface area (Å²) in [7, 11) is 0. The van der Waals surface area contributed by atoms with Gasteiger partial charge in [-0.05, 0) is 25.1 Å². The molecule has 0 radical (unpaired) electrons. The van der Waals surface area contributed by atoms with Gasteiger partial charge >= 0.3 is 6.18 Å². The van der Waals surface area contributed by atoms with Crippen LogP contribution in [0.25, 0.3) is 0 Å². The lowest BCUT2D eigenvalue weighted by Gasteiger charge is -2.13. The van der Waals surface area contributed by atoms with E-state index in [-0.39, 0.29) is 5.16 Å². The van der Waals surface area contributed by atoms with Crippen molar-refractivity contribution in [3.63, 3.8) is 0 Å². The molecule has 0 bridgehead atoms. The number of nitrogens with one attached hydrogen (secondary N) is 1. The molecule has 0 saturated heterocycles. The average molecular weight is 381 g/mol.